The first-order valence-electron chi connectivity index (χ1n) is 7.72. The summed E-state index contributed by atoms with van der Waals surface area (Å²) in [5, 5.41) is 0. The Morgan fingerprint density at radius 1 is 0.917 bits per heavy atom. The van der Waals surface area contributed by atoms with Crippen molar-refractivity contribution in [1.29, 1.82) is 0 Å². The van der Waals surface area contributed by atoms with E-state index in [0.717, 1.165) is 16.7 Å². The van der Waals surface area contributed by atoms with Crippen LogP contribution in [0.1, 0.15) is 15.9 Å². The van der Waals surface area contributed by atoms with Crippen LogP contribution in [0.4, 0.5) is 0 Å². The monoisotopic (exact) mass is 318 g/mol. The number of hydrogen-bond donors (Lipinski definition) is 1. The van der Waals surface area contributed by atoms with Gasteiger partial charge in [0.25, 0.3) is 11.5 Å². The van der Waals surface area contributed by atoms with E-state index < -0.39 is 0 Å². The minimum atomic E-state index is -0.367. The van der Waals surface area contributed by atoms with Crippen LogP contribution >= 0.6 is 0 Å². The van der Waals surface area contributed by atoms with Crippen molar-refractivity contribution in [1.82, 2.24) is 9.88 Å². The molecule has 0 bridgehead atoms. The average Bonchev–Trinajstić information content (AvgIpc) is 2.63. The van der Waals surface area contributed by atoms with Crippen LogP contribution in [-0.2, 0) is 6.54 Å². The molecule has 4 heteroatoms. The first-order chi connectivity index (χ1) is 11.6. The van der Waals surface area contributed by atoms with Gasteiger partial charge in [0, 0.05) is 19.8 Å². The Hall–Kier alpha value is -3.14. The summed E-state index contributed by atoms with van der Waals surface area (Å²) in [7, 11) is 1.69. The lowest BCUT2D eigenvalue weighted by Gasteiger charge is -2.17. The molecule has 4 nitrogen and oxygen atoms in total. The molecule has 3 rings (SSSR count). The summed E-state index contributed by atoms with van der Waals surface area (Å²) in [5.41, 5.74) is 3.09. The van der Waals surface area contributed by atoms with E-state index >= 15 is 0 Å². The summed E-state index contributed by atoms with van der Waals surface area (Å²) >= 11 is 0. The topological polar surface area (TPSA) is 53.2 Å². The summed E-state index contributed by atoms with van der Waals surface area (Å²) in [6.45, 7) is 0.447. The first kappa shape index (κ1) is 15.7. The van der Waals surface area contributed by atoms with E-state index in [2.05, 4.69) is 17.1 Å². The second-order valence-corrected chi connectivity index (χ2v) is 5.64. The molecule has 0 aliphatic carbocycles. The number of hydrogen-bond acceptors (Lipinski definition) is 2. The predicted molar refractivity (Wildman–Crippen MR) is 94.7 cm³/mol. The Kier molecular flexibility index (Phi) is 4.57. The number of benzene rings is 2. The normalized spacial score (nSPS) is 10.4. The van der Waals surface area contributed by atoms with Crippen LogP contribution in [0.25, 0.3) is 11.1 Å². The smallest absolute Gasteiger partial charge is 0.260 e. The molecule has 0 atom stereocenters. The van der Waals surface area contributed by atoms with E-state index in [-0.39, 0.29) is 17.0 Å². The lowest BCUT2D eigenvalue weighted by Crippen LogP contribution is -2.31. The Bertz CT molecular complexity index is 883. The van der Waals surface area contributed by atoms with E-state index in [9.17, 15) is 9.59 Å². The highest BCUT2D eigenvalue weighted by Gasteiger charge is 2.15. The lowest BCUT2D eigenvalue weighted by atomic mass is 10.0. The summed E-state index contributed by atoms with van der Waals surface area (Å²) in [6, 6.07) is 21.4. The van der Waals surface area contributed by atoms with Gasteiger partial charge in [-0.2, -0.15) is 0 Å². The zero-order chi connectivity index (χ0) is 16.9. The van der Waals surface area contributed by atoms with Gasteiger partial charge >= 0.3 is 0 Å². The van der Waals surface area contributed by atoms with Crippen LogP contribution in [0.3, 0.4) is 0 Å². The number of nitrogens with zero attached hydrogens (tertiary/aromatic N) is 1. The first-order valence-corrected chi connectivity index (χ1v) is 7.72. The molecule has 1 aromatic heterocycles. The molecule has 0 radical (unpaired) electrons. The molecule has 3 aromatic rings. The number of carbonyl (C=O) groups is 1. The van der Waals surface area contributed by atoms with Crippen molar-refractivity contribution in [3.63, 3.8) is 0 Å². The van der Waals surface area contributed by atoms with Crippen molar-refractivity contribution in [2.75, 3.05) is 7.05 Å². The molecule has 1 heterocycles. The van der Waals surface area contributed by atoms with Gasteiger partial charge in [0.2, 0.25) is 0 Å². The number of rotatable bonds is 4. The molecule has 1 N–H and O–H groups in total. The van der Waals surface area contributed by atoms with Gasteiger partial charge in [0.05, 0.1) is 0 Å². The van der Waals surface area contributed by atoms with Crippen LogP contribution in [-0.4, -0.2) is 22.8 Å². The van der Waals surface area contributed by atoms with Gasteiger partial charge in [0.1, 0.15) is 5.56 Å². The number of H-pyrrole nitrogens is 1. The minimum absolute atomic E-state index is 0.154. The van der Waals surface area contributed by atoms with Gasteiger partial charge in [-0.15, -0.1) is 0 Å². The molecule has 0 spiro atoms. The molecule has 120 valence electrons. The highest BCUT2D eigenvalue weighted by atomic mass is 16.2. The third-order valence-electron chi connectivity index (χ3n) is 3.88. The van der Waals surface area contributed by atoms with Gasteiger partial charge in [-0.05, 0) is 28.8 Å². The predicted octanol–water partition coefficient (Wildman–Crippen LogP) is 3.31. The quantitative estimate of drug-likeness (QED) is 0.802. The van der Waals surface area contributed by atoms with Gasteiger partial charge in [0.15, 0.2) is 0 Å². The van der Waals surface area contributed by atoms with Crippen molar-refractivity contribution < 1.29 is 4.79 Å². The zero-order valence-electron chi connectivity index (χ0n) is 13.4. The number of nitrogens with one attached hydrogen (secondary N) is 1. The van der Waals surface area contributed by atoms with Crippen molar-refractivity contribution >= 4 is 5.91 Å². The van der Waals surface area contributed by atoms with E-state index in [1.807, 2.05) is 42.5 Å². The summed E-state index contributed by atoms with van der Waals surface area (Å²) in [5.74, 6) is -0.288. The standard InChI is InChI=1S/C20H18N2O2/c1-22(20(24)18-8-5-13-21-19(18)23)14-15-9-11-17(12-10-15)16-6-3-2-4-7-16/h2-13H,14H2,1H3,(H,21,23). The molecule has 0 fully saturated rings. The number of pyridine rings is 1. The van der Waals surface area contributed by atoms with Gasteiger partial charge in [-0.25, -0.2) is 0 Å². The summed E-state index contributed by atoms with van der Waals surface area (Å²) < 4.78 is 0. The van der Waals surface area contributed by atoms with E-state index in [0.29, 0.717) is 6.54 Å². The molecule has 0 aliphatic rings. The number of carbonyl (C=O) groups excluding carboxylic acids is 1. The van der Waals surface area contributed by atoms with Gasteiger partial charge in [-0.3, -0.25) is 9.59 Å². The van der Waals surface area contributed by atoms with Crippen molar-refractivity contribution in [3.8, 4) is 11.1 Å². The molecular formula is C20H18N2O2. The molecule has 0 saturated carbocycles. The SMILES string of the molecule is CN(Cc1ccc(-c2ccccc2)cc1)C(=O)c1ccc[nH]c1=O. The number of amides is 1. The Morgan fingerprint density at radius 2 is 1.58 bits per heavy atom. The van der Waals surface area contributed by atoms with Gasteiger partial charge < -0.3 is 9.88 Å². The van der Waals surface area contributed by atoms with Crippen LogP contribution in [0.5, 0.6) is 0 Å². The number of aromatic nitrogens is 1. The zero-order valence-corrected chi connectivity index (χ0v) is 13.4. The van der Waals surface area contributed by atoms with E-state index in [4.69, 9.17) is 0 Å². The van der Waals surface area contributed by atoms with Crippen molar-refractivity contribution in [2.24, 2.45) is 0 Å². The maximum atomic E-state index is 12.4. The average molecular weight is 318 g/mol. The fraction of sp³-hybridized carbons (Fsp3) is 0.100. The summed E-state index contributed by atoms with van der Waals surface area (Å²) in [6.07, 6.45) is 1.52. The molecule has 1 amide bonds. The third-order valence-corrected chi connectivity index (χ3v) is 3.88. The van der Waals surface area contributed by atoms with Crippen molar-refractivity contribution in [2.45, 2.75) is 6.54 Å². The fourth-order valence-electron chi connectivity index (χ4n) is 2.57. The Morgan fingerprint density at radius 3 is 2.25 bits per heavy atom. The van der Waals surface area contributed by atoms with Crippen LogP contribution in [0.2, 0.25) is 0 Å². The molecule has 0 aliphatic heterocycles. The van der Waals surface area contributed by atoms with Crippen LogP contribution in [0.15, 0.2) is 77.7 Å². The maximum absolute atomic E-state index is 12.4. The second-order valence-electron chi connectivity index (χ2n) is 5.64. The van der Waals surface area contributed by atoms with Crippen molar-refractivity contribution in [3.05, 3.63) is 94.4 Å². The Labute approximate surface area is 140 Å². The minimum Gasteiger partial charge on any atom is -0.337 e. The molecule has 0 unspecified atom stereocenters. The van der Waals surface area contributed by atoms with Gasteiger partial charge in [-0.1, -0.05) is 54.6 Å². The lowest BCUT2D eigenvalue weighted by molar-refractivity contribution is 0.0783. The second kappa shape index (κ2) is 6.96. The number of aromatic amines is 1. The van der Waals surface area contributed by atoms with E-state index in [1.54, 1.807) is 18.0 Å². The summed E-state index contributed by atoms with van der Waals surface area (Å²) in [4.78, 5) is 28.1. The highest BCUT2D eigenvalue weighted by Crippen LogP contribution is 2.19. The highest BCUT2D eigenvalue weighted by molar-refractivity contribution is 5.93. The molecule has 2 aromatic carbocycles. The van der Waals surface area contributed by atoms with Crippen LogP contribution < -0.4 is 5.56 Å². The van der Waals surface area contributed by atoms with Crippen LogP contribution in [0, 0.1) is 0 Å². The maximum Gasteiger partial charge on any atom is 0.260 e. The largest absolute Gasteiger partial charge is 0.337 e. The molecular weight excluding hydrogens is 300 g/mol. The third kappa shape index (κ3) is 3.43. The molecule has 24 heavy (non-hydrogen) atoms. The Balaban J connectivity index is 1.73. The molecule has 0 saturated heterocycles. The van der Waals surface area contributed by atoms with E-state index in [1.165, 1.54) is 12.3 Å². The fourth-order valence-corrected chi connectivity index (χ4v) is 2.57.